The van der Waals surface area contributed by atoms with Crippen LogP contribution in [0.1, 0.15) is 32.6 Å². The molecular weight excluding hydrogens is 292 g/mol. The first kappa shape index (κ1) is 15.6. The van der Waals surface area contributed by atoms with E-state index >= 15 is 0 Å². The molecular formula is C17H24N4O2. The molecule has 0 bridgehead atoms. The summed E-state index contributed by atoms with van der Waals surface area (Å²) in [4.78, 5) is 26.2. The molecule has 124 valence electrons. The van der Waals surface area contributed by atoms with Gasteiger partial charge in [0.2, 0.25) is 5.91 Å². The van der Waals surface area contributed by atoms with Gasteiger partial charge < -0.3 is 20.9 Å². The molecule has 1 aliphatic heterocycles. The molecule has 1 aromatic rings. The van der Waals surface area contributed by atoms with E-state index < -0.39 is 6.04 Å². The molecule has 1 atom stereocenters. The lowest BCUT2D eigenvalue weighted by Gasteiger charge is -2.19. The van der Waals surface area contributed by atoms with Crippen LogP contribution in [0.2, 0.25) is 0 Å². The van der Waals surface area contributed by atoms with Crippen molar-refractivity contribution in [3.05, 3.63) is 24.3 Å². The number of rotatable bonds is 5. The molecule has 1 saturated heterocycles. The van der Waals surface area contributed by atoms with Crippen LogP contribution in [0, 0.1) is 0 Å². The molecule has 1 saturated carbocycles. The van der Waals surface area contributed by atoms with E-state index in [0.717, 1.165) is 37.3 Å². The average Bonchev–Trinajstić information content (AvgIpc) is 3.16. The van der Waals surface area contributed by atoms with Crippen molar-refractivity contribution >= 4 is 23.3 Å². The minimum absolute atomic E-state index is 0.213. The van der Waals surface area contributed by atoms with E-state index in [2.05, 4.69) is 26.9 Å². The molecule has 2 aliphatic rings. The highest BCUT2D eigenvalue weighted by Gasteiger charge is 2.25. The third kappa shape index (κ3) is 4.37. The molecule has 2 fully saturated rings. The Morgan fingerprint density at radius 2 is 1.96 bits per heavy atom. The predicted molar refractivity (Wildman–Crippen MR) is 90.7 cm³/mol. The van der Waals surface area contributed by atoms with Crippen LogP contribution in [0.15, 0.2) is 24.3 Å². The van der Waals surface area contributed by atoms with Crippen molar-refractivity contribution in [2.75, 3.05) is 23.3 Å². The SMILES string of the molecule is C[C@H](NC(=O)NC1CC1)C(=O)Nc1cccc(N2CCCC2)c1. The van der Waals surface area contributed by atoms with Crippen LogP contribution in [-0.2, 0) is 4.79 Å². The second-order valence-electron chi connectivity index (χ2n) is 6.35. The number of hydrogen-bond donors (Lipinski definition) is 3. The topological polar surface area (TPSA) is 73.5 Å². The standard InChI is InChI=1S/C17H24N4O2/c1-12(18-17(23)20-13-7-8-13)16(22)19-14-5-4-6-15(11-14)21-9-2-3-10-21/h4-6,11-13H,2-3,7-10H2,1H3,(H,19,22)(H2,18,20,23)/t12-/m0/s1. The number of nitrogens with zero attached hydrogens (tertiary/aromatic N) is 1. The summed E-state index contributed by atoms with van der Waals surface area (Å²) in [5.74, 6) is -0.213. The number of anilines is 2. The van der Waals surface area contributed by atoms with Crippen LogP contribution >= 0.6 is 0 Å². The van der Waals surface area contributed by atoms with Crippen molar-refractivity contribution in [3.63, 3.8) is 0 Å². The van der Waals surface area contributed by atoms with Gasteiger partial charge in [-0.3, -0.25) is 4.79 Å². The zero-order valence-electron chi connectivity index (χ0n) is 13.5. The van der Waals surface area contributed by atoms with Crippen molar-refractivity contribution in [2.24, 2.45) is 0 Å². The van der Waals surface area contributed by atoms with E-state index in [1.165, 1.54) is 12.8 Å². The summed E-state index contributed by atoms with van der Waals surface area (Å²) in [6.45, 7) is 3.82. The van der Waals surface area contributed by atoms with Crippen LogP contribution in [0.4, 0.5) is 16.2 Å². The van der Waals surface area contributed by atoms with Crippen LogP contribution in [0.3, 0.4) is 0 Å². The Hall–Kier alpha value is -2.24. The fraction of sp³-hybridized carbons (Fsp3) is 0.529. The lowest BCUT2D eigenvalue weighted by atomic mass is 10.2. The largest absolute Gasteiger partial charge is 0.371 e. The Labute approximate surface area is 136 Å². The maximum Gasteiger partial charge on any atom is 0.315 e. The molecule has 3 N–H and O–H groups in total. The van der Waals surface area contributed by atoms with E-state index in [1.807, 2.05) is 18.2 Å². The second-order valence-corrected chi connectivity index (χ2v) is 6.35. The summed E-state index contributed by atoms with van der Waals surface area (Å²) in [6, 6.07) is 7.29. The van der Waals surface area contributed by atoms with Crippen LogP contribution in [-0.4, -0.2) is 37.1 Å². The smallest absolute Gasteiger partial charge is 0.315 e. The highest BCUT2D eigenvalue weighted by atomic mass is 16.2. The predicted octanol–water partition coefficient (Wildman–Crippen LogP) is 2.08. The highest BCUT2D eigenvalue weighted by Crippen LogP contribution is 2.23. The lowest BCUT2D eigenvalue weighted by Crippen LogP contribution is -2.46. The van der Waals surface area contributed by atoms with E-state index in [9.17, 15) is 9.59 Å². The van der Waals surface area contributed by atoms with Gasteiger partial charge in [-0.15, -0.1) is 0 Å². The van der Waals surface area contributed by atoms with Gasteiger partial charge >= 0.3 is 6.03 Å². The number of urea groups is 1. The van der Waals surface area contributed by atoms with Gasteiger partial charge in [-0.25, -0.2) is 4.79 Å². The minimum atomic E-state index is -0.579. The Kier molecular flexibility index (Phi) is 4.69. The number of amides is 3. The van der Waals surface area contributed by atoms with Gasteiger partial charge in [-0.2, -0.15) is 0 Å². The first-order chi connectivity index (χ1) is 11.1. The number of carbonyl (C=O) groups is 2. The minimum Gasteiger partial charge on any atom is -0.371 e. The van der Waals surface area contributed by atoms with Crippen molar-refractivity contribution < 1.29 is 9.59 Å². The molecule has 6 heteroatoms. The van der Waals surface area contributed by atoms with Gasteiger partial charge in [-0.1, -0.05) is 6.07 Å². The molecule has 3 amide bonds. The second kappa shape index (κ2) is 6.89. The summed E-state index contributed by atoms with van der Waals surface area (Å²) >= 11 is 0. The quantitative estimate of drug-likeness (QED) is 0.778. The zero-order valence-corrected chi connectivity index (χ0v) is 13.5. The molecule has 6 nitrogen and oxygen atoms in total. The maximum atomic E-state index is 12.2. The molecule has 3 rings (SSSR count). The van der Waals surface area contributed by atoms with Crippen molar-refractivity contribution in [1.82, 2.24) is 10.6 Å². The number of hydrogen-bond acceptors (Lipinski definition) is 3. The third-order valence-corrected chi connectivity index (χ3v) is 4.24. The first-order valence-corrected chi connectivity index (χ1v) is 8.35. The number of nitrogens with one attached hydrogen (secondary N) is 3. The molecule has 1 aliphatic carbocycles. The molecule has 0 aromatic heterocycles. The number of carbonyl (C=O) groups excluding carboxylic acids is 2. The normalized spacial score (nSPS) is 18.4. The summed E-state index contributed by atoms with van der Waals surface area (Å²) in [5, 5.41) is 8.35. The monoisotopic (exact) mass is 316 g/mol. The Bertz CT molecular complexity index is 580. The van der Waals surface area contributed by atoms with Crippen molar-refractivity contribution in [1.29, 1.82) is 0 Å². The molecule has 23 heavy (non-hydrogen) atoms. The molecule has 0 unspecified atom stereocenters. The van der Waals surface area contributed by atoms with Gasteiger partial charge in [0.05, 0.1) is 0 Å². The molecule has 0 radical (unpaired) electrons. The van der Waals surface area contributed by atoms with Crippen LogP contribution in [0.25, 0.3) is 0 Å². The first-order valence-electron chi connectivity index (χ1n) is 8.35. The summed E-state index contributed by atoms with van der Waals surface area (Å²) in [7, 11) is 0. The average molecular weight is 316 g/mol. The lowest BCUT2D eigenvalue weighted by molar-refractivity contribution is -0.117. The Morgan fingerprint density at radius 1 is 1.22 bits per heavy atom. The molecule has 0 spiro atoms. The van der Waals surface area contributed by atoms with Gasteiger partial charge in [0, 0.05) is 30.5 Å². The molecule has 1 heterocycles. The Balaban J connectivity index is 1.53. The molecule has 1 aromatic carbocycles. The fourth-order valence-electron chi connectivity index (χ4n) is 2.72. The van der Waals surface area contributed by atoms with Crippen molar-refractivity contribution in [2.45, 2.75) is 44.7 Å². The summed E-state index contributed by atoms with van der Waals surface area (Å²) in [5.41, 5.74) is 1.89. The van der Waals surface area contributed by atoms with Crippen molar-refractivity contribution in [3.8, 4) is 0 Å². The van der Waals surface area contributed by atoms with Gasteiger partial charge in [0.1, 0.15) is 6.04 Å². The fourth-order valence-corrected chi connectivity index (χ4v) is 2.72. The van der Waals surface area contributed by atoms with E-state index in [4.69, 9.17) is 0 Å². The van der Waals surface area contributed by atoms with Gasteiger partial charge in [0.15, 0.2) is 0 Å². The summed E-state index contributed by atoms with van der Waals surface area (Å²) in [6.07, 6.45) is 4.48. The summed E-state index contributed by atoms with van der Waals surface area (Å²) < 4.78 is 0. The van der Waals surface area contributed by atoms with Gasteiger partial charge in [0.25, 0.3) is 0 Å². The maximum absolute atomic E-state index is 12.2. The Morgan fingerprint density at radius 3 is 2.65 bits per heavy atom. The van der Waals surface area contributed by atoms with E-state index in [1.54, 1.807) is 6.92 Å². The highest BCUT2D eigenvalue weighted by molar-refractivity contribution is 5.97. The van der Waals surface area contributed by atoms with Crippen LogP contribution in [0.5, 0.6) is 0 Å². The zero-order chi connectivity index (χ0) is 16.2. The van der Waals surface area contributed by atoms with Crippen LogP contribution < -0.4 is 20.9 Å². The third-order valence-electron chi connectivity index (χ3n) is 4.24. The van der Waals surface area contributed by atoms with E-state index in [0.29, 0.717) is 0 Å². The number of benzene rings is 1. The van der Waals surface area contributed by atoms with Gasteiger partial charge in [-0.05, 0) is 50.8 Å². The van der Waals surface area contributed by atoms with E-state index in [-0.39, 0.29) is 18.0 Å².